The third-order valence-electron chi connectivity index (χ3n) is 4.27. The zero-order valence-corrected chi connectivity index (χ0v) is 15.2. The summed E-state index contributed by atoms with van der Waals surface area (Å²) in [4.78, 5) is 24.8. The molecule has 0 atom stereocenters. The number of aliphatic hydroxyl groups is 1. The van der Waals surface area contributed by atoms with Crippen LogP contribution in [0.15, 0.2) is 27.5 Å². The third kappa shape index (κ3) is 3.37. The van der Waals surface area contributed by atoms with E-state index in [2.05, 4.69) is 26.3 Å². The Bertz CT molecular complexity index is 841. The van der Waals surface area contributed by atoms with Gasteiger partial charge >= 0.3 is 0 Å². The van der Waals surface area contributed by atoms with Crippen LogP contribution in [0.2, 0.25) is 0 Å². The number of carbonyl (C=O) groups is 1. The number of aromatic nitrogens is 2. The molecule has 3 rings (SSSR count). The summed E-state index contributed by atoms with van der Waals surface area (Å²) in [5.41, 5.74) is 0.517. The van der Waals surface area contributed by atoms with Crippen LogP contribution in [-0.4, -0.2) is 32.9 Å². The van der Waals surface area contributed by atoms with E-state index in [1.165, 1.54) is 4.68 Å². The minimum atomic E-state index is -0.331. The smallest absolute Gasteiger partial charge is 0.275 e. The van der Waals surface area contributed by atoms with Crippen molar-refractivity contribution in [2.24, 2.45) is 0 Å². The van der Waals surface area contributed by atoms with Gasteiger partial charge in [-0.1, -0.05) is 29.8 Å². The van der Waals surface area contributed by atoms with Crippen molar-refractivity contribution in [1.29, 1.82) is 0 Å². The van der Waals surface area contributed by atoms with E-state index in [9.17, 15) is 14.7 Å². The topological polar surface area (TPSA) is 84.2 Å². The Morgan fingerprint density at radius 2 is 2.12 bits per heavy atom. The van der Waals surface area contributed by atoms with E-state index in [4.69, 9.17) is 0 Å². The molecular formula is C17H20BrN3O3. The molecule has 1 aromatic carbocycles. The standard InChI is InChI=1S/C17H20BrN3O3/c1-9(2)16-14-5-10(18)3-4-13(14)17(24)21(20-16)8-15(23)19-11-6-12(22)7-11/h3-5,9,11-12,22H,6-8H2,1-2H3,(H,19,23)/t11-,12+. The number of amides is 1. The average molecular weight is 394 g/mol. The van der Waals surface area contributed by atoms with Crippen molar-refractivity contribution >= 4 is 32.6 Å². The molecule has 1 saturated carbocycles. The number of carbonyl (C=O) groups excluding carboxylic acids is 1. The molecule has 0 bridgehead atoms. The van der Waals surface area contributed by atoms with Crippen molar-refractivity contribution in [3.8, 4) is 0 Å². The van der Waals surface area contributed by atoms with E-state index in [0.29, 0.717) is 18.2 Å². The number of benzene rings is 1. The summed E-state index contributed by atoms with van der Waals surface area (Å²) in [6, 6.07) is 5.45. The van der Waals surface area contributed by atoms with E-state index in [0.717, 1.165) is 15.6 Å². The lowest BCUT2D eigenvalue weighted by atomic mass is 9.89. The third-order valence-corrected chi connectivity index (χ3v) is 4.76. The number of hydrogen-bond donors (Lipinski definition) is 2. The fourth-order valence-corrected chi connectivity index (χ4v) is 3.29. The van der Waals surface area contributed by atoms with Crippen molar-refractivity contribution in [3.05, 3.63) is 38.7 Å². The predicted molar refractivity (Wildman–Crippen MR) is 95.0 cm³/mol. The Morgan fingerprint density at radius 1 is 1.42 bits per heavy atom. The molecule has 7 heteroatoms. The molecule has 0 saturated heterocycles. The number of halogens is 1. The number of nitrogens with one attached hydrogen (secondary N) is 1. The second-order valence-corrected chi connectivity index (χ2v) is 7.50. The monoisotopic (exact) mass is 393 g/mol. The molecule has 1 aliphatic rings. The lowest BCUT2D eigenvalue weighted by Gasteiger charge is -2.31. The Kier molecular flexibility index (Phi) is 4.73. The van der Waals surface area contributed by atoms with Crippen LogP contribution in [0.3, 0.4) is 0 Å². The fourth-order valence-electron chi connectivity index (χ4n) is 2.93. The lowest BCUT2D eigenvalue weighted by molar-refractivity contribution is -0.123. The van der Waals surface area contributed by atoms with Crippen molar-refractivity contribution < 1.29 is 9.90 Å². The van der Waals surface area contributed by atoms with Gasteiger partial charge in [0, 0.05) is 15.9 Å². The number of nitrogens with zero attached hydrogens (tertiary/aromatic N) is 2. The summed E-state index contributed by atoms with van der Waals surface area (Å²) in [5, 5.41) is 17.9. The van der Waals surface area contributed by atoms with Gasteiger partial charge in [0.15, 0.2) is 0 Å². The Morgan fingerprint density at radius 3 is 2.75 bits per heavy atom. The maximum atomic E-state index is 12.6. The van der Waals surface area contributed by atoms with E-state index in [1.807, 2.05) is 26.0 Å². The number of fused-ring (bicyclic) bond motifs is 1. The Hall–Kier alpha value is -1.73. The first kappa shape index (κ1) is 17.1. The molecule has 1 aliphatic carbocycles. The molecule has 0 spiro atoms. The van der Waals surface area contributed by atoms with Gasteiger partial charge in [-0.3, -0.25) is 9.59 Å². The van der Waals surface area contributed by atoms with E-state index >= 15 is 0 Å². The summed E-state index contributed by atoms with van der Waals surface area (Å²) >= 11 is 3.42. The summed E-state index contributed by atoms with van der Waals surface area (Å²) in [7, 11) is 0. The molecule has 1 heterocycles. The quantitative estimate of drug-likeness (QED) is 0.830. The molecular weight excluding hydrogens is 374 g/mol. The highest BCUT2D eigenvalue weighted by Crippen LogP contribution is 2.24. The van der Waals surface area contributed by atoms with Gasteiger partial charge in [-0.2, -0.15) is 5.10 Å². The number of hydrogen-bond acceptors (Lipinski definition) is 4. The Balaban J connectivity index is 1.93. The number of rotatable bonds is 4. The first-order valence-electron chi connectivity index (χ1n) is 8.03. The summed E-state index contributed by atoms with van der Waals surface area (Å²) < 4.78 is 2.12. The van der Waals surface area contributed by atoms with Gasteiger partial charge in [0.05, 0.1) is 17.2 Å². The second kappa shape index (κ2) is 6.64. The van der Waals surface area contributed by atoms with Crippen LogP contribution in [-0.2, 0) is 11.3 Å². The molecule has 24 heavy (non-hydrogen) atoms. The second-order valence-electron chi connectivity index (χ2n) is 6.58. The molecule has 0 radical (unpaired) electrons. The normalized spacial score (nSPS) is 20.2. The van der Waals surface area contributed by atoms with Crippen LogP contribution in [0.5, 0.6) is 0 Å². The van der Waals surface area contributed by atoms with Crippen molar-refractivity contribution in [1.82, 2.24) is 15.1 Å². The fraction of sp³-hybridized carbons (Fsp3) is 0.471. The SMILES string of the molecule is CC(C)c1nn(CC(=O)N[C@H]2C[C@@H](O)C2)c(=O)c2ccc(Br)cc12. The molecule has 1 aromatic heterocycles. The van der Waals surface area contributed by atoms with Gasteiger partial charge in [-0.15, -0.1) is 0 Å². The average Bonchev–Trinajstić information content (AvgIpc) is 2.48. The molecule has 1 fully saturated rings. The minimum Gasteiger partial charge on any atom is -0.393 e. The van der Waals surface area contributed by atoms with Crippen LogP contribution in [0, 0.1) is 0 Å². The van der Waals surface area contributed by atoms with Crippen LogP contribution >= 0.6 is 15.9 Å². The highest BCUT2D eigenvalue weighted by atomic mass is 79.9. The zero-order chi connectivity index (χ0) is 17.4. The summed E-state index contributed by atoms with van der Waals surface area (Å²) in [6.07, 6.45) is 0.802. The predicted octanol–water partition coefficient (Wildman–Crippen LogP) is 1.92. The molecule has 6 nitrogen and oxygen atoms in total. The molecule has 128 valence electrons. The largest absolute Gasteiger partial charge is 0.393 e. The molecule has 1 amide bonds. The summed E-state index contributed by atoms with van der Waals surface area (Å²) in [5.74, 6) is -0.133. The van der Waals surface area contributed by atoms with Crippen LogP contribution in [0.1, 0.15) is 38.3 Å². The van der Waals surface area contributed by atoms with Gasteiger partial charge in [0.1, 0.15) is 6.54 Å². The molecule has 2 N–H and O–H groups in total. The van der Waals surface area contributed by atoms with Gasteiger partial charge in [0.2, 0.25) is 5.91 Å². The van der Waals surface area contributed by atoms with Crippen molar-refractivity contribution in [2.45, 2.75) is 51.3 Å². The van der Waals surface area contributed by atoms with Crippen LogP contribution in [0.4, 0.5) is 0 Å². The maximum Gasteiger partial charge on any atom is 0.275 e. The molecule has 2 aromatic rings. The maximum absolute atomic E-state index is 12.6. The van der Waals surface area contributed by atoms with Gasteiger partial charge in [0.25, 0.3) is 5.56 Å². The number of aliphatic hydroxyl groups excluding tert-OH is 1. The van der Waals surface area contributed by atoms with Crippen LogP contribution < -0.4 is 10.9 Å². The first-order chi connectivity index (χ1) is 11.3. The molecule has 0 unspecified atom stereocenters. The highest BCUT2D eigenvalue weighted by Gasteiger charge is 2.28. The van der Waals surface area contributed by atoms with Crippen molar-refractivity contribution in [2.75, 3.05) is 0 Å². The minimum absolute atomic E-state index is 0.0100. The Labute approximate surface area is 148 Å². The highest BCUT2D eigenvalue weighted by molar-refractivity contribution is 9.10. The summed E-state index contributed by atoms with van der Waals surface area (Å²) in [6.45, 7) is 3.90. The van der Waals surface area contributed by atoms with Gasteiger partial charge in [-0.25, -0.2) is 4.68 Å². The van der Waals surface area contributed by atoms with Gasteiger partial charge < -0.3 is 10.4 Å². The van der Waals surface area contributed by atoms with Crippen molar-refractivity contribution in [3.63, 3.8) is 0 Å². The van der Waals surface area contributed by atoms with E-state index < -0.39 is 0 Å². The van der Waals surface area contributed by atoms with Crippen LogP contribution in [0.25, 0.3) is 10.8 Å². The van der Waals surface area contributed by atoms with E-state index in [-0.39, 0.29) is 36.1 Å². The van der Waals surface area contributed by atoms with Gasteiger partial charge in [-0.05, 0) is 37.0 Å². The molecule has 0 aliphatic heterocycles. The first-order valence-corrected chi connectivity index (χ1v) is 8.82. The zero-order valence-electron chi connectivity index (χ0n) is 13.6. The van der Waals surface area contributed by atoms with E-state index in [1.54, 1.807) is 6.07 Å². The lowest BCUT2D eigenvalue weighted by Crippen LogP contribution is -2.48.